The molecule has 0 fully saturated rings. The third-order valence-electron chi connectivity index (χ3n) is 3.15. The zero-order chi connectivity index (χ0) is 17.4. The molecule has 0 bridgehead atoms. The molecule has 23 heavy (non-hydrogen) atoms. The number of rotatable bonds is 7. The highest BCUT2D eigenvalue weighted by atomic mass is 16.5. The van der Waals surface area contributed by atoms with Crippen LogP contribution in [0.4, 0.5) is 10.5 Å². The van der Waals surface area contributed by atoms with Crippen LogP contribution in [0, 0.1) is 4.91 Å². The summed E-state index contributed by atoms with van der Waals surface area (Å²) in [5.41, 5.74) is 2.03. The molecule has 124 valence electrons. The standard InChI is InChI=1S/C16H21N3O4/c1-10(2)9-14(15(20)23-4)18-16(21)17-13-7-5-12(6-8-13)11(3)19-22/h5-8,11,14H,1,9H2,2-4H3,(H2,17,18,21). The van der Waals surface area contributed by atoms with Crippen molar-refractivity contribution < 1.29 is 14.3 Å². The minimum absolute atomic E-state index is 0.293. The molecule has 0 aliphatic rings. The molecule has 2 unspecified atom stereocenters. The number of benzene rings is 1. The minimum atomic E-state index is -0.795. The van der Waals surface area contributed by atoms with Gasteiger partial charge in [-0.3, -0.25) is 0 Å². The van der Waals surface area contributed by atoms with E-state index in [-0.39, 0.29) is 0 Å². The number of methoxy groups -OCH3 is 1. The number of amides is 2. The van der Waals surface area contributed by atoms with E-state index < -0.39 is 24.1 Å². The van der Waals surface area contributed by atoms with Crippen molar-refractivity contribution in [1.82, 2.24) is 5.32 Å². The fourth-order valence-corrected chi connectivity index (χ4v) is 1.92. The number of anilines is 1. The van der Waals surface area contributed by atoms with Crippen LogP contribution < -0.4 is 10.6 Å². The second-order valence-corrected chi connectivity index (χ2v) is 5.24. The number of carbonyl (C=O) groups excluding carboxylic acids is 2. The Balaban J connectivity index is 2.68. The van der Waals surface area contributed by atoms with E-state index in [2.05, 4.69) is 27.1 Å². The Kier molecular flexibility index (Phi) is 6.92. The van der Waals surface area contributed by atoms with E-state index in [0.717, 1.165) is 11.1 Å². The number of nitrogens with one attached hydrogen (secondary N) is 2. The molecule has 0 aliphatic heterocycles. The Labute approximate surface area is 135 Å². The molecule has 1 aromatic rings. The van der Waals surface area contributed by atoms with Gasteiger partial charge in [0.1, 0.15) is 12.1 Å². The second-order valence-electron chi connectivity index (χ2n) is 5.24. The average molecular weight is 319 g/mol. The molecule has 0 spiro atoms. The van der Waals surface area contributed by atoms with Crippen LogP contribution in [0.3, 0.4) is 0 Å². The van der Waals surface area contributed by atoms with Gasteiger partial charge < -0.3 is 15.4 Å². The molecule has 1 rings (SSSR count). The monoisotopic (exact) mass is 319 g/mol. The molecule has 0 radical (unpaired) electrons. The SMILES string of the molecule is C=C(C)CC(NC(=O)Nc1ccc(C(C)N=O)cc1)C(=O)OC. The number of urea groups is 1. The first-order valence-electron chi connectivity index (χ1n) is 7.09. The molecule has 1 aromatic carbocycles. The summed E-state index contributed by atoms with van der Waals surface area (Å²) >= 11 is 0. The highest BCUT2D eigenvalue weighted by Crippen LogP contribution is 2.18. The van der Waals surface area contributed by atoms with E-state index in [0.29, 0.717) is 12.1 Å². The lowest BCUT2D eigenvalue weighted by atomic mass is 10.1. The Bertz CT molecular complexity index is 583. The highest BCUT2D eigenvalue weighted by molar-refractivity contribution is 5.92. The number of ether oxygens (including phenoxy) is 1. The first-order chi connectivity index (χ1) is 10.9. The van der Waals surface area contributed by atoms with Crippen molar-refractivity contribution in [1.29, 1.82) is 0 Å². The van der Waals surface area contributed by atoms with E-state index in [4.69, 9.17) is 0 Å². The van der Waals surface area contributed by atoms with Gasteiger partial charge in [-0.1, -0.05) is 22.9 Å². The van der Waals surface area contributed by atoms with Crippen LogP contribution in [0.5, 0.6) is 0 Å². The average Bonchev–Trinajstić information content (AvgIpc) is 2.52. The first-order valence-corrected chi connectivity index (χ1v) is 7.09. The zero-order valence-corrected chi connectivity index (χ0v) is 13.5. The number of esters is 1. The van der Waals surface area contributed by atoms with Gasteiger partial charge in [-0.05, 0) is 38.0 Å². The fraction of sp³-hybridized carbons (Fsp3) is 0.375. The quantitative estimate of drug-likeness (QED) is 0.458. The van der Waals surface area contributed by atoms with E-state index in [1.165, 1.54) is 7.11 Å². The van der Waals surface area contributed by atoms with Crippen molar-refractivity contribution in [3.05, 3.63) is 46.9 Å². The molecular formula is C16H21N3O4. The van der Waals surface area contributed by atoms with Gasteiger partial charge in [0.15, 0.2) is 0 Å². The topological polar surface area (TPSA) is 96.9 Å². The number of nitroso groups, excluding NO2 is 1. The van der Waals surface area contributed by atoms with Crippen LogP contribution >= 0.6 is 0 Å². The zero-order valence-electron chi connectivity index (χ0n) is 13.5. The van der Waals surface area contributed by atoms with Gasteiger partial charge in [0, 0.05) is 5.69 Å². The van der Waals surface area contributed by atoms with Gasteiger partial charge in [0.25, 0.3) is 0 Å². The molecule has 7 nitrogen and oxygen atoms in total. The van der Waals surface area contributed by atoms with Crippen LogP contribution in [-0.4, -0.2) is 25.2 Å². The first kappa shape index (κ1) is 18.3. The van der Waals surface area contributed by atoms with Gasteiger partial charge in [0.2, 0.25) is 0 Å². The van der Waals surface area contributed by atoms with Gasteiger partial charge >= 0.3 is 12.0 Å². The van der Waals surface area contributed by atoms with Crippen molar-refractivity contribution >= 4 is 17.7 Å². The van der Waals surface area contributed by atoms with Crippen molar-refractivity contribution in [3.63, 3.8) is 0 Å². The summed E-state index contributed by atoms with van der Waals surface area (Å²) < 4.78 is 4.66. The number of nitrogens with zero attached hydrogens (tertiary/aromatic N) is 1. The minimum Gasteiger partial charge on any atom is -0.467 e. The molecule has 2 amide bonds. The summed E-state index contributed by atoms with van der Waals surface area (Å²) in [6.45, 7) is 7.16. The predicted molar refractivity (Wildman–Crippen MR) is 88.0 cm³/mol. The normalized spacial score (nSPS) is 12.7. The summed E-state index contributed by atoms with van der Waals surface area (Å²) in [4.78, 5) is 34.1. The van der Waals surface area contributed by atoms with E-state index in [1.807, 2.05) is 0 Å². The van der Waals surface area contributed by atoms with Crippen LogP contribution in [0.15, 0.2) is 41.6 Å². The lowest BCUT2D eigenvalue weighted by Gasteiger charge is -2.17. The molecule has 0 heterocycles. The van der Waals surface area contributed by atoms with Crippen LogP contribution in [0.1, 0.15) is 31.9 Å². The van der Waals surface area contributed by atoms with Gasteiger partial charge in [-0.15, -0.1) is 6.58 Å². The molecule has 0 aliphatic carbocycles. The lowest BCUT2D eigenvalue weighted by Crippen LogP contribution is -2.43. The lowest BCUT2D eigenvalue weighted by molar-refractivity contribution is -0.142. The smallest absolute Gasteiger partial charge is 0.328 e. The Hall–Kier alpha value is -2.70. The predicted octanol–water partition coefficient (Wildman–Crippen LogP) is 3.14. The van der Waals surface area contributed by atoms with E-state index in [9.17, 15) is 14.5 Å². The summed E-state index contributed by atoms with van der Waals surface area (Å²) in [5, 5.41) is 8.09. The summed E-state index contributed by atoms with van der Waals surface area (Å²) in [7, 11) is 1.26. The third kappa shape index (κ3) is 5.90. The van der Waals surface area contributed by atoms with Gasteiger partial charge in [-0.25, -0.2) is 9.59 Å². The number of carbonyl (C=O) groups is 2. The van der Waals surface area contributed by atoms with Crippen molar-refractivity contribution in [2.24, 2.45) is 5.18 Å². The second kappa shape index (κ2) is 8.67. The van der Waals surface area contributed by atoms with E-state index >= 15 is 0 Å². The number of hydrogen-bond acceptors (Lipinski definition) is 5. The molecule has 2 N–H and O–H groups in total. The van der Waals surface area contributed by atoms with Crippen molar-refractivity contribution in [2.45, 2.75) is 32.4 Å². The van der Waals surface area contributed by atoms with Crippen LogP contribution in [0.2, 0.25) is 0 Å². The van der Waals surface area contributed by atoms with Gasteiger partial charge in [-0.2, -0.15) is 4.91 Å². The molecule has 7 heteroatoms. The molecule has 0 aromatic heterocycles. The Morgan fingerprint density at radius 1 is 1.30 bits per heavy atom. The van der Waals surface area contributed by atoms with Crippen LogP contribution in [0.25, 0.3) is 0 Å². The van der Waals surface area contributed by atoms with Crippen LogP contribution in [-0.2, 0) is 9.53 Å². The largest absolute Gasteiger partial charge is 0.467 e. The van der Waals surface area contributed by atoms with Crippen molar-refractivity contribution in [3.8, 4) is 0 Å². The highest BCUT2D eigenvalue weighted by Gasteiger charge is 2.21. The summed E-state index contributed by atoms with van der Waals surface area (Å²) in [6, 6.07) is 4.94. The molecule has 0 saturated carbocycles. The van der Waals surface area contributed by atoms with E-state index in [1.54, 1.807) is 38.1 Å². The maximum absolute atomic E-state index is 12.0. The molecule has 0 saturated heterocycles. The number of hydrogen-bond donors (Lipinski definition) is 2. The third-order valence-corrected chi connectivity index (χ3v) is 3.15. The molecular weight excluding hydrogens is 298 g/mol. The summed E-state index contributed by atoms with van der Waals surface area (Å²) in [6.07, 6.45) is 0.293. The fourth-order valence-electron chi connectivity index (χ4n) is 1.92. The maximum atomic E-state index is 12.0. The van der Waals surface area contributed by atoms with Gasteiger partial charge in [0.05, 0.1) is 7.11 Å². The van der Waals surface area contributed by atoms with Crippen molar-refractivity contribution in [2.75, 3.05) is 12.4 Å². The maximum Gasteiger partial charge on any atom is 0.328 e. The Morgan fingerprint density at radius 3 is 2.39 bits per heavy atom. The molecule has 2 atom stereocenters. The summed E-state index contributed by atoms with van der Waals surface area (Å²) in [5.74, 6) is -0.538. The Morgan fingerprint density at radius 2 is 1.91 bits per heavy atom.